The number of hydrogen-bond donors (Lipinski definition) is 2. The molecule has 1 aromatic carbocycles. The van der Waals surface area contributed by atoms with Crippen LogP contribution in [0.15, 0.2) is 29.2 Å². The molecular weight excluding hydrogens is 248 g/mol. The molecule has 0 radical (unpaired) electrons. The van der Waals surface area contributed by atoms with Crippen molar-refractivity contribution < 1.29 is 9.00 Å². The minimum Gasteiger partial charge on any atom is -0.398 e. The Balaban J connectivity index is 2.45. The van der Waals surface area contributed by atoms with Gasteiger partial charge in [-0.1, -0.05) is 26.0 Å². The quantitative estimate of drug-likeness (QED) is 0.769. The molecular formula is C13H20N2O2S. The summed E-state index contributed by atoms with van der Waals surface area (Å²) in [7, 11) is -1.38. The van der Waals surface area contributed by atoms with Gasteiger partial charge in [-0.05, 0) is 24.5 Å². The number of nitrogens with one attached hydrogen (secondary N) is 1. The second kappa shape index (κ2) is 7.16. The van der Waals surface area contributed by atoms with Crippen molar-refractivity contribution >= 4 is 22.4 Å². The van der Waals surface area contributed by atoms with E-state index in [1.165, 1.54) is 0 Å². The van der Waals surface area contributed by atoms with Gasteiger partial charge in [-0.15, -0.1) is 0 Å². The number of nitrogen functional groups attached to an aromatic ring is 1. The van der Waals surface area contributed by atoms with Crippen LogP contribution in [-0.2, 0) is 15.6 Å². The summed E-state index contributed by atoms with van der Waals surface area (Å²) in [6.45, 7) is 4.81. The zero-order valence-electron chi connectivity index (χ0n) is 10.8. The molecule has 100 valence electrons. The van der Waals surface area contributed by atoms with Crippen molar-refractivity contribution in [1.82, 2.24) is 5.32 Å². The van der Waals surface area contributed by atoms with Crippen LogP contribution >= 0.6 is 0 Å². The minimum absolute atomic E-state index is 0.0354. The number of amides is 1. The number of anilines is 1. The van der Waals surface area contributed by atoms with Crippen molar-refractivity contribution in [2.45, 2.75) is 25.2 Å². The lowest BCUT2D eigenvalue weighted by Gasteiger charge is -2.08. The molecule has 0 spiro atoms. The molecule has 0 saturated heterocycles. The van der Waals surface area contributed by atoms with Crippen molar-refractivity contribution in [2.75, 3.05) is 18.0 Å². The third-order valence-corrected chi connectivity index (χ3v) is 3.86. The fraction of sp³-hybridized carbons (Fsp3) is 0.462. The van der Waals surface area contributed by atoms with Gasteiger partial charge < -0.3 is 11.1 Å². The van der Waals surface area contributed by atoms with Gasteiger partial charge in [0, 0.05) is 12.2 Å². The topological polar surface area (TPSA) is 72.2 Å². The van der Waals surface area contributed by atoms with E-state index in [0.29, 0.717) is 23.0 Å². The van der Waals surface area contributed by atoms with Gasteiger partial charge in [-0.3, -0.25) is 9.00 Å². The molecule has 1 unspecified atom stereocenters. The predicted molar refractivity (Wildman–Crippen MR) is 74.6 cm³/mol. The number of carbonyl (C=O) groups excluding carboxylic acids is 1. The lowest BCUT2D eigenvalue weighted by atomic mass is 10.1. The average Bonchev–Trinajstić information content (AvgIpc) is 2.28. The largest absolute Gasteiger partial charge is 0.398 e. The molecule has 0 heterocycles. The van der Waals surface area contributed by atoms with Crippen LogP contribution in [0, 0.1) is 5.92 Å². The van der Waals surface area contributed by atoms with E-state index in [9.17, 15) is 9.00 Å². The minimum atomic E-state index is -1.38. The predicted octanol–water partition coefficient (Wildman–Crippen LogP) is 1.54. The molecule has 1 amide bonds. The zero-order valence-corrected chi connectivity index (χ0v) is 11.6. The average molecular weight is 268 g/mol. The third kappa shape index (κ3) is 4.87. The Hall–Kier alpha value is -1.36. The summed E-state index contributed by atoms with van der Waals surface area (Å²) in [5, 5.41) is 2.76. The van der Waals surface area contributed by atoms with E-state index in [0.717, 1.165) is 6.42 Å². The highest BCUT2D eigenvalue weighted by Crippen LogP contribution is 2.15. The van der Waals surface area contributed by atoms with E-state index < -0.39 is 10.8 Å². The highest BCUT2D eigenvalue weighted by Gasteiger charge is 2.12. The second-order valence-electron chi connectivity index (χ2n) is 4.56. The van der Waals surface area contributed by atoms with E-state index in [1.54, 1.807) is 24.3 Å². The summed E-state index contributed by atoms with van der Waals surface area (Å²) in [4.78, 5) is 12.1. The third-order valence-electron chi connectivity index (χ3n) is 2.47. The van der Waals surface area contributed by atoms with Crippen molar-refractivity contribution in [1.29, 1.82) is 0 Å². The van der Waals surface area contributed by atoms with Crippen LogP contribution in [0.3, 0.4) is 0 Å². The van der Waals surface area contributed by atoms with Crippen molar-refractivity contribution in [3.05, 3.63) is 24.3 Å². The number of benzene rings is 1. The van der Waals surface area contributed by atoms with Crippen LogP contribution in [0.2, 0.25) is 0 Å². The molecule has 0 bridgehead atoms. The Morgan fingerprint density at radius 2 is 2.06 bits per heavy atom. The molecule has 1 atom stereocenters. The van der Waals surface area contributed by atoms with E-state index in [1.807, 2.05) is 0 Å². The van der Waals surface area contributed by atoms with Crippen molar-refractivity contribution in [3.8, 4) is 0 Å². The Bertz CT molecular complexity index is 433. The molecule has 0 aromatic heterocycles. The van der Waals surface area contributed by atoms with Gasteiger partial charge in [0.1, 0.15) is 5.75 Å². The summed E-state index contributed by atoms with van der Waals surface area (Å²) in [5.41, 5.74) is 6.18. The van der Waals surface area contributed by atoms with Gasteiger partial charge in [0.2, 0.25) is 5.91 Å². The van der Waals surface area contributed by atoms with Gasteiger partial charge in [0.05, 0.1) is 15.7 Å². The maximum atomic E-state index is 11.9. The lowest BCUT2D eigenvalue weighted by molar-refractivity contribution is -0.118. The molecule has 1 aromatic rings. The smallest absolute Gasteiger partial charge is 0.233 e. The van der Waals surface area contributed by atoms with Gasteiger partial charge in [-0.25, -0.2) is 0 Å². The Kier molecular flexibility index (Phi) is 5.85. The molecule has 0 fully saturated rings. The van der Waals surface area contributed by atoms with Crippen LogP contribution in [0.5, 0.6) is 0 Å². The molecule has 0 aliphatic heterocycles. The summed E-state index contributed by atoms with van der Waals surface area (Å²) in [6.07, 6.45) is 0.922. The molecule has 3 N–H and O–H groups in total. The maximum absolute atomic E-state index is 11.9. The molecule has 1 rings (SSSR count). The van der Waals surface area contributed by atoms with E-state index in [4.69, 9.17) is 5.73 Å². The van der Waals surface area contributed by atoms with Crippen molar-refractivity contribution in [2.24, 2.45) is 5.92 Å². The SMILES string of the molecule is CC(C)CCNC(=O)CS(=O)c1ccccc1N. The Morgan fingerprint density at radius 1 is 1.39 bits per heavy atom. The van der Waals surface area contributed by atoms with Gasteiger partial charge in [0.25, 0.3) is 0 Å². The summed E-state index contributed by atoms with van der Waals surface area (Å²) < 4.78 is 11.9. The number of para-hydroxylation sites is 1. The Morgan fingerprint density at radius 3 is 2.67 bits per heavy atom. The Labute approximate surface area is 110 Å². The molecule has 4 nitrogen and oxygen atoms in total. The number of hydrogen-bond acceptors (Lipinski definition) is 3. The number of nitrogens with two attached hydrogens (primary N) is 1. The first-order chi connectivity index (χ1) is 8.50. The van der Waals surface area contributed by atoms with Crippen LogP contribution in [-0.4, -0.2) is 22.4 Å². The maximum Gasteiger partial charge on any atom is 0.233 e. The zero-order chi connectivity index (χ0) is 13.5. The van der Waals surface area contributed by atoms with E-state index in [-0.39, 0.29) is 11.7 Å². The lowest BCUT2D eigenvalue weighted by Crippen LogP contribution is -2.29. The van der Waals surface area contributed by atoms with Gasteiger partial charge in [0.15, 0.2) is 0 Å². The summed E-state index contributed by atoms with van der Waals surface area (Å²) >= 11 is 0. The van der Waals surface area contributed by atoms with Crippen LogP contribution in [0.25, 0.3) is 0 Å². The molecule has 0 aliphatic rings. The van der Waals surface area contributed by atoms with Crippen molar-refractivity contribution in [3.63, 3.8) is 0 Å². The molecule has 5 heteroatoms. The van der Waals surface area contributed by atoms with Gasteiger partial charge >= 0.3 is 0 Å². The van der Waals surface area contributed by atoms with Gasteiger partial charge in [-0.2, -0.15) is 0 Å². The molecule has 0 saturated carbocycles. The fourth-order valence-electron chi connectivity index (χ4n) is 1.44. The highest BCUT2D eigenvalue weighted by atomic mass is 32.2. The normalized spacial score (nSPS) is 12.4. The fourth-order valence-corrected chi connectivity index (χ4v) is 2.49. The first-order valence-corrected chi connectivity index (χ1v) is 7.32. The molecule has 0 aliphatic carbocycles. The van der Waals surface area contributed by atoms with Crippen LogP contribution < -0.4 is 11.1 Å². The second-order valence-corrected chi connectivity index (χ2v) is 5.98. The van der Waals surface area contributed by atoms with E-state index in [2.05, 4.69) is 19.2 Å². The summed E-state index contributed by atoms with van der Waals surface area (Å²) in [6, 6.07) is 6.91. The first kappa shape index (κ1) is 14.7. The van der Waals surface area contributed by atoms with E-state index >= 15 is 0 Å². The summed E-state index contributed by atoms with van der Waals surface area (Å²) in [5.74, 6) is 0.310. The molecule has 18 heavy (non-hydrogen) atoms. The van der Waals surface area contributed by atoms with Crippen LogP contribution in [0.4, 0.5) is 5.69 Å². The first-order valence-electron chi connectivity index (χ1n) is 6.00. The van der Waals surface area contributed by atoms with Crippen LogP contribution in [0.1, 0.15) is 20.3 Å². The highest BCUT2D eigenvalue weighted by molar-refractivity contribution is 7.86. The monoisotopic (exact) mass is 268 g/mol. The standard InChI is InChI=1S/C13H20N2O2S/c1-10(2)7-8-15-13(16)9-18(17)12-6-4-3-5-11(12)14/h3-6,10H,7-9,14H2,1-2H3,(H,15,16). The number of carbonyl (C=O) groups is 1. The number of rotatable bonds is 6.